The molecule has 3 saturated heterocycles. The van der Waals surface area contributed by atoms with Gasteiger partial charge in [-0.25, -0.2) is 0 Å². The van der Waals surface area contributed by atoms with Crippen LogP contribution in [0.2, 0.25) is 0 Å². The minimum Gasteiger partial charge on any atom is -0.394 e. The topological polar surface area (TPSA) is 315 Å². The van der Waals surface area contributed by atoms with E-state index in [-0.39, 0.29) is 47.2 Å². The van der Waals surface area contributed by atoms with Crippen LogP contribution in [0.15, 0.2) is 12.2 Å². The molecule has 25 unspecified atom stereocenters. The number of hydrogen-bond donors (Lipinski definition) is 12. The Balaban J connectivity index is 1.17. The predicted molar refractivity (Wildman–Crippen MR) is 234 cm³/mol. The van der Waals surface area contributed by atoms with E-state index in [0.29, 0.717) is 31.3 Å². The summed E-state index contributed by atoms with van der Waals surface area (Å²) in [6.45, 7) is 16.5. The van der Waals surface area contributed by atoms with Gasteiger partial charge >= 0.3 is 0 Å². The van der Waals surface area contributed by atoms with E-state index in [4.69, 9.17) is 28.4 Å². The summed E-state index contributed by atoms with van der Waals surface area (Å²) in [5.41, 5.74) is -2.46. The van der Waals surface area contributed by atoms with Crippen LogP contribution in [0.4, 0.5) is 0 Å². The molecule has 4 aliphatic carbocycles. The van der Waals surface area contributed by atoms with E-state index < -0.39 is 146 Å². The Morgan fingerprint density at radius 2 is 1.15 bits per heavy atom. The molecule has 7 fully saturated rings. The summed E-state index contributed by atoms with van der Waals surface area (Å²) in [5, 5.41) is 129. The van der Waals surface area contributed by atoms with Crippen LogP contribution in [0.3, 0.4) is 0 Å². The second-order valence-electron chi connectivity index (χ2n) is 22.8. The van der Waals surface area contributed by atoms with Crippen LogP contribution in [0.5, 0.6) is 0 Å². The van der Waals surface area contributed by atoms with Crippen LogP contribution >= 0.6 is 0 Å². The van der Waals surface area contributed by atoms with Gasteiger partial charge in [0.2, 0.25) is 0 Å². The minimum atomic E-state index is -1.87. The molecule has 3 aliphatic heterocycles. The highest BCUT2D eigenvalue weighted by atomic mass is 16.8. The Morgan fingerprint density at radius 3 is 1.69 bits per heavy atom. The van der Waals surface area contributed by atoms with Crippen molar-refractivity contribution in [2.45, 2.75) is 216 Å². The number of aliphatic hydroxyl groups is 12. The highest BCUT2D eigenvalue weighted by Gasteiger charge is 2.72. The average Bonchev–Trinajstić information content (AvgIpc) is 3.67. The van der Waals surface area contributed by atoms with Gasteiger partial charge in [-0.05, 0) is 116 Å². The number of fused-ring (bicyclic) bond motifs is 5. The molecule has 19 nitrogen and oxygen atoms in total. The zero-order valence-corrected chi connectivity index (χ0v) is 40.0. The second-order valence-corrected chi connectivity index (χ2v) is 22.8. The van der Waals surface area contributed by atoms with E-state index in [0.717, 1.165) is 19.3 Å². The van der Waals surface area contributed by atoms with E-state index in [2.05, 4.69) is 41.2 Å². The van der Waals surface area contributed by atoms with Crippen LogP contribution < -0.4 is 0 Å². The lowest BCUT2D eigenvalue weighted by molar-refractivity contribution is -0.382. The molecule has 0 radical (unpaired) electrons. The maximum atomic E-state index is 13.3. The molecule has 7 rings (SSSR count). The fourth-order valence-electron chi connectivity index (χ4n) is 14.8. The Morgan fingerprint density at radius 1 is 0.642 bits per heavy atom. The number of ether oxygens (including phenoxy) is 6. The SMILES string of the molecule is C=C(C)C(=O)CCC(C)(OC1OC(CO)C(O)C(O)C1OC1OC(CO)C(O)C(O)C1O)C1CCC2(C)C1C(O)CC1C3(C)CCC(OC4OC(CO)C(O)C(O)C4O)C(C)(C)C3CCC12C. The monoisotopic (exact) mass is 961 g/mol. The van der Waals surface area contributed by atoms with Crippen LogP contribution in [0, 0.1) is 45.3 Å². The fourth-order valence-corrected chi connectivity index (χ4v) is 14.8. The lowest BCUT2D eigenvalue weighted by Gasteiger charge is -2.71. The quantitative estimate of drug-likeness (QED) is 0.0746. The van der Waals surface area contributed by atoms with Gasteiger partial charge in [-0.15, -0.1) is 0 Å². The molecule has 4 saturated carbocycles. The van der Waals surface area contributed by atoms with Gasteiger partial charge in [-0.2, -0.15) is 0 Å². The van der Waals surface area contributed by atoms with Crippen molar-refractivity contribution in [3.8, 4) is 0 Å². The summed E-state index contributed by atoms with van der Waals surface area (Å²) in [6, 6.07) is 0. The third-order valence-corrected chi connectivity index (χ3v) is 18.9. The zero-order valence-electron chi connectivity index (χ0n) is 40.0. The molecule has 0 aromatic rings. The summed E-state index contributed by atoms with van der Waals surface area (Å²) in [7, 11) is 0. The van der Waals surface area contributed by atoms with Gasteiger partial charge < -0.3 is 89.7 Å². The van der Waals surface area contributed by atoms with Crippen LogP contribution in [0.25, 0.3) is 0 Å². The summed E-state index contributed by atoms with van der Waals surface area (Å²) < 4.78 is 37.1. The minimum absolute atomic E-state index is 0.00249. The Bertz CT molecular complexity index is 1750. The number of carbonyl (C=O) groups is 1. The molecule has 12 N–H and O–H groups in total. The largest absolute Gasteiger partial charge is 0.394 e. The van der Waals surface area contributed by atoms with Gasteiger partial charge in [-0.1, -0.05) is 41.2 Å². The first-order valence-electron chi connectivity index (χ1n) is 24.3. The van der Waals surface area contributed by atoms with Gasteiger partial charge in [0, 0.05) is 6.42 Å². The third-order valence-electron chi connectivity index (χ3n) is 18.9. The fraction of sp³-hybridized carbons (Fsp3) is 0.938. The Labute approximate surface area is 393 Å². The standard InChI is InChI=1S/C48H80O19/c1-21(2)23(52)10-16-48(8,67-43-40(37(59)34(56)27(20-51)64-43)66-42-39(61)36(58)33(55)26(19-50)63-42)22-9-14-47(7)31(22)24(53)17-29-45(5)13-12-30(44(3,4)28(45)11-15-46(29,47)6)65-41-38(60)35(57)32(54)25(18-49)62-41/h22,24-43,49-51,53-61H,1,9-20H2,2-8H3. The molecular formula is C48H80O19. The molecule has 0 spiro atoms. The maximum Gasteiger partial charge on any atom is 0.187 e. The van der Waals surface area contributed by atoms with Crippen molar-refractivity contribution < 1.29 is 94.5 Å². The number of hydrogen-bond acceptors (Lipinski definition) is 19. The van der Waals surface area contributed by atoms with Crippen molar-refractivity contribution in [3.63, 3.8) is 0 Å². The maximum absolute atomic E-state index is 13.3. The van der Waals surface area contributed by atoms with Crippen molar-refractivity contribution >= 4 is 5.78 Å². The van der Waals surface area contributed by atoms with E-state index in [1.54, 1.807) is 6.92 Å². The van der Waals surface area contributed by atoms with Crippen molar-refractivity contribution in [1.82, 2.24) is 0 Å². The first-order valence-corrected chi connectivity index (χ1v) is 24.3. The molecule has 0 bridgehead atoms. The van der Waals surface area contributed by atoms with Gasteiger partial charge in [0.1, 0.15) is 73.2 Å². The molecule has 25 atom stereocenters. The highest BCUT2D eigenvalue weighted by molar-refractivity contribution is 5.94. The van der Waals surface area contributed by atoms with Crippen molar-refractivity contribution in [2.75, 3.05) is 19.8 Å². The van der Waals surface area contributed by atoms with Crippen LogP contribution in [-0.4, -0.2) is 197 Å². The zero-order chi connectivity index (χ0) is 49.5. The molecule has 0 aromatic carbocycles. The first kappa shape index (κ1) is 53.5. The summed E-state index contributed by atoms with van der Waals surface area (Å²) in [5.74, 6) is -0.831. The van der Waals surface area contributed by atoms with Crippen molar-refractivity contribution in [2.24, 2.45) is 45.3 Å². The van der Waals surface area contributed by atoms with E-state index >= 15 is 0 Å². The molecule has 19 heteroatoms. The number of Topliss-reactive ketones (excluding diaryl/α,β-unsaturated/α-hetero) is 1. The molecule has 0 amide bonds. The third kappa shape index (κ3) is 8.93. The van der Waals surface area contributed by atoms with Gasteiger partial charge in [0.05, 0.1) is 37.6 Å². The smallest absolute Gasteiger partial charge is 0.187 e. The average molecular weight is 961 g/mol. The van der Waals surface area contributed by atoms with Crippen LogP contribution in [-0.2, 0) is 33.2 Å². The van der Waals surface area contributed by atoms with E-state index in [1.165, 1.54) is 0 Å². The molecule has 7 aliphatic rings. The number of rotatable bonds is 14. The summed E-state index contributed by atoms with van der Waals surface area (Å²) >= 11 is 0. The number of ketones is 1. The summed E-state index contributed by atoms with van der Waals surface area (Å²) in [4.78, 5) is 13.3. The van der Waals surface area contributed by atoms with Gasteiger partial charge in [0.25, 0.3) is 0 Å². The Kier molecular flexibility index (Phi) is 15.7. The predicted octanol–water partition coefficient (Wildman–Crippen LogP) is -0.848. The van der Waals surface area contributed by atoms with Crippen molar-refractivity contribution in [3.05, 3.63) is 12.2 Å². The van der Waals surface area contributed by atoms with Crippen molar-refractivity contribution in [1.29, 1.82) is 0 Å². The normalized spacial score (nSPS) is 51.8. The molecular weight excluding hydrogens is 881 g/mol. The van der Waals surface area contributed by atoms with E-state index in [1.807, 2.05) is 6.92 Å². The van der Waals surface area contributed by atoms with Crippen LogP contribution in [0.1, 0.15) is 106 Å². The lowest BCUT2D eigenvalue weighted by Crippen LogP contribution is -2.68. The second kappa shape index (κ2) is 19.6. The van der Waals surface area contributed by atoms with Gasteiger partial charge in [-0.3, -0.25) is 4.79 Å². The Hall–Kier alpha value is -1.31. The molecule has 67 heavy (non-hydrogen) atoms. The number of aliphatic hydroxyl groups excluding tert-OH is 12. The molecule has 3 heterocycles. The van der Waals surface area contributed by atoms with Gasteiger partial charge in [0.15, 0.2) is 24.7 Å². The lowest BCUT2D eigenvalue weighted by atomic mass is 9.35. The highest BCUT2D eigenvalue weighted by Crippen LogP contribution is 2.76. The number of allylic oxidation sites excluding steroid dienone is 1. The molecule has 0 aromatic heterocycles. The summed E-state index contributed by atoms with van der Waals surface area (Å²) in [6.07, 6.45) is -19.9. The first-order chi connectivity index (χ1) is 31.3. The molecule has 386 valence electrons. The van der Waals surface area contributed by atoms with E-state index in [9.17, 15) is 66.1 Å². The number of carbonyl (C=O) groups excluding carboxylic acids is 1.